The van der Waals surface area contributed by atoms with Crippen LogP contribution in [0.25, 0.3) is 0 Å². The smallest absolute Gasteiger partial charge is 0.0654 e. The zero-order valence-corrected chi connectivity index (χ0v) is 22.9. The summed E-state index contributed by atoms with van der Waals surface area (Å²) in [6.07, 6.45) is 23.3. The average molecular weight is 473 g/mol. The number of unbranched alkanes of at least 4 members (excludes halogenated alkanes) is 6. The molecule has 2 aromatic rings. The molecule has 0 spiro atoms. The lowest BCUT2D eigenvalue weighted by Crippen LogP contribution is -2.52. The minimum absolute atomic E-state index is 0.906. The molecule has 5 rings (SSSR count). The van der Waals surface area contributed by atoms with E-state index in [1.165, 1.54) is 89.9 Å². The normalized spacial score (nSPS) is 24.0. The summed E-state index contributed by atoms with van der Waals surface area (Å²) >= 11 is 0. The number of aryl methyl sites for hydroxylation is 2. The van der Waals surface area contributed by atoms with E-state index in [0.717, 1.165) is 16.6 Å². The molecule has 0 heterocycles. The molecule has 0 amide bonds. The molecule has 0 radical (unpaired) electrons. The highest BCUT2D eigenvalue weighted by Crippen LogP contribution is 2.59. The third-order valence-corrected chi connectivity index (χ3v) is 17.3. The van der Waals surface area contributed by atoms with Gasteiger partial charge in [0.25, 0.3) is 0 Å². The van der Waals surface area contributed by atoms with Crippen molar-refractivity contribution in [3.63, 3.8) is 0 Å². The molecule has 2 unspecified atom stereocenters. The second-order valence-corrected chi connectivity index (χ2v) is 16.8. The third kappa shape index (κ3) is 4.84. The molecule has 1 saturated carbocycles. The Bertz CT molecular complexity index is 853. The van der Waals surface area contributed by atoms with Crippen molar-refractivity contribution in [2.45, 2.75) is 132 Å². The van der Waals surface area contributed by atoms with Gasteiger partial charge in [-0.2, -0.15) is 0 Å². The minimum atomic E-state index is -1.61. The van der Waals surface area contributed by atoms with Gasteiger partial charge in [0.1, 0.15) is 0 Å². The van der Waals surface area contributed by atoms with Crippen LogP contribution in [0.1, 0.15) is 130 Å². The van der Waals surface area contributed by atoms with E-state index >= 15 is 0 Å². The summed E-state index contributed by atoms with van der Waals surface area (Å²) in [6.45, 7) is 2.34. The van der Waals surface area contributed by atoms with Gasteiger partial charge in [-0.3, -0.25) is 0 Å². The summed E-state index contributed by atoms with van der Waals surface area (Å²) in [5, 5.41) is 0. The van der Waals surface area contributed by atoms with Gasteiger partial charge in [0, 0.05) is 0 Å². The van der Waals surface area contributed by atoms with Gasteiger partial charge in [-0.25, -0.2) is 0 Å². The van der Waals surface area contributed by atoms with Crippen LogP contribution in [-0.4, -0.2) is 8.07 Å². The van der Waals surface area contributed by atoms with Crippen LogP contribution in [0, 0.1) is 0 Å². The largest absolute Gasteiger partial charge is 0.0717 e. The first-order chi connectivity index (χ1) is 16.8. The molecule has 34 heavy (non-hydrogen) atoms. The Labute approximate surface area is 211 Å². The second kappa shape index (κ2) is 11.6. The molecule has 3 aliphatic carbocycles. The third-order valence-electron chi connectivity index (χ3n) is 10.1. The van der Waals surface area contributed by atoms with Gasteiger partial charge in [-0.05, 0) is 64.6 Å². The molecule has 184 valence electrons. The number of hydrogen-bond donors (Lipinski definition) is 0. The summed E-state index contributed by atoms with van der Waals surface area (Å²) in [5.74, 6) is 0. The van der Waals surface area contributed by atoms with Crippen molar-refractivity contribution in [2.24, 2.45) is 0 Å². The molecular weight excluding hydrogens is 424 g/mol. The Morgan fingerprint density at radius 3 is 1.74 bits per heavy atom. The van der Waals surface area contributed by atoms with E-state index in [1.54, 1.807) is 41.1 Å². The van der Waals surface area contributed by atoms with Crippen molar-refractivity contribution in [2.75, 3.05) is 0 Å². The van der Waals surface area contributed by atoms with Crippen LogP contribution in [0.15, 0.2) is 48.5 Å². The summed E-state index contributed by atoms with van der Waals surface area (Å²) in [7, 11) is -1.61. The molecule has 0 aliphatic heterocycles. The van der Waals surface area contributed by atoms with Crippen molar-refractivity contribution in [3.8, 4) is 0 Å². The summed E-state index contributed by atoms with van der Waals surface area (Å²) < 4.78 is 0. The summed E-state index contributed by atoms with van der Waals surface area (Å²) in [4.78, 5) is 0. The van der Waals surface area contributed by atoms with Crippen molar-refractivity contribution in [1.82, 2.24) is 0 Å². The minimum Gasteiger partial charge on any atom is -0.0654 e. The maximum Gasteiger partial charge on any atom is 0.0717 e. The monoisotopic (exact) mass is 472 g/mol. The van der Waals surface area contributed by atoms with E-state index in [9.17, 15) is 0 Å². The maximum absolute atomic E-state index is 2.56. The lowest BCUT2D eigenvalue weighted by molar-refractivity contribution is 0.473. The highest BCUT2D eigenvalue weighted by atomic mass is 28.3. The van der Waals surface area contributed by atoms with Gasteiger partial charge < -0.3 is 0 Å². The van der Waals surface area contributed by atoms with Gasteiger partial charge >= 0.3 is 0 Å². The molecule has 0 saturated heterocycles. The number of benzene rings is 2. The van der Waals surface area contributed by atoms with Crippen molar-refractivity contribution in [1.29, 1.82) is 0 Å². The van der Waals surface area contributed by atoms with Crippen LogP contribution in [0.3, 0.4) is 0 Å². The first-order valence-electron chi connectivity index (χ1n) is 15.0. The molecule has 0 N–H and O–H groups in total. The molecule has 3 aliphatic rings. The number of rotatable bonds is 11. The van der Waals surface area contributed by atoms with Gasteiger partial charge in [0.15, 0.2) is 0 Å². The van der Waals surface area contributed by atoms with E-state index in [1.807, 2.05) is 0 Å². The summed E-state index contributed by atoms with van der Waals surface area (Å²) in [6, 6.07) is 21.0. The predicted molar refractivity (Wildman–Crippen MR) is 150 cm³/mol. The van der Waals surface area contributed by atoms with E-state index in [0.29, 0.717) is 0 Å². The standard InChI is InChI=1S/C33H48Si/c1-2-3-4-5-6-7-15-26-34(29-18-9-8-10-19-29,32-24-22-27-16-11-13-20-30(27)32)33-25-23-28-17-12-14-21-31(28)33/h11-14,16-17,20-21,29,32-33H,2-10,15,18-19,22-26H2,1H3. The molecule has 0 nitrogen and oxygen atoms in total. The lowest BCUT2D eigenvalue weighted by atomic mass is 10.00. The van der Waals surface area contributed by atoms with Crippen LogP contribution in [0.4, 0.5) is 0 Å². The average Bonchev–Trinajstić information content (AvgIpc) is 3.52. The predicted octanol–water partition coefficient (Wildman–Crippen LogP) is 10.1. The van der Waals surface area contributed by atoms with E-state index < -0.39 is 8.07 Å². The fourth-order valence-corrected chi connectivity index (χ4v) is 16.8. The van der Waals surface area contributed by atoms with Gasteiger partial charge in [-0.15, -0.1) is 0 Å². The van der Waals surface area contributed by atoms with Crippen LogP contribution in [0.5, 0.6) is 0 Å². The molecule has 1 fully saturated rings. The maximum atomic E-state index is 2.56. The van der Waals surface area contributed by atoms with E-state index in [4.69, 9.17) is 0 Å². The quantitative estimate of drug-likeness (QED) is 0.225. The highest BCUT2D eigenvalue weighted by molar-refractivity contribution is 6.84. The lowest BCUT2D eigenvalue weighted by Gasteiger charge is -2.50. The number of hydrogen-bond acceptors (Lipinski definition) is 0. The van der Waals surface area contributed by atoms with Gasteiger partial charge in [0.2, 0.25) is 0 Å². The first kappa shape index (κ1) is 24.4. The van der Waals surface area contributed by atoms with Gasteiger partial charge in [-0.1, -0.05) is 139 Å². The SMILES string of the molecule is CCCCCCCCC[Si](C1CCCCC1)(C1CCc2ccccc21)C1CCc2ccccc21. The molecule has 0 bridgehead atoms. The number of fused-ring (bicyclic) bond motifs is 2. The van der Waals surface area contributed by atoms with Crippen LogP contribution in [-0.2, 0) is 12.8 Å². The molecule has 2 aromatic carbocycles. The van der Waals surface area contributed by atoms with Gasteiger partial charge in [0.05, 0.1) is 8.07 Å². The van der Waals surface area contributed by atoms with E-state index in [-0.39, 0.29) is 0 Å². The van der Waals surface area contributed by atoms with Crippen LogP contribution in [0.2, 0.25) is 11.6 Å². The fraction of sp³-hybridized carbons (Fsp3) is 0.636. The topological polar surface area (TPSA) is 0 Å². The molecule has 0 aromatic heterocycles. The highest BCUT2D eigenvalue weighted by Gasteiger charge is 2.55. The van der Waals surface area contributed by atoms with Crippen molar-refractivity contribution >= 4 is 8.07 Å². The molecule has 2 atom stereocenters. The van der Waals surface area contributed by atoms with Crippen molar-refractivity contribution < 1.29 is 0 Å². The first-order valence-corrected chi connectivity index (χ1v) is 17.4. The Morgan fingerprint density at radius 2 is 1.15 bits per heavy atom. The molecule has 1 heteroatoms. The van der Waals surface area contributed by atoms with Crippen LogP contribution < -0.4 is 0 Å². The Morgan fingerprint density at radius 1 is 0.618 bits per heavy atom. The zero-order chi connectivity index (χ0) is 23.2. The second-order valence-electron chi connectivity index (χ2n) is 11.9. The van der Waals surface area contributed by atoms with Crippen molar-refractivity contribution in [3.05, 3.63) is 70.8 Å². The Balaban J connectivity index is 1.49. The molecular formula is C33H48Si. The van der Waals surface area contributed by atoms with E-state index in [2.05, 4.69) is 55.5 Å². The fourth-order valence-electron chi connectivity index (χ4n) is 8.62. The Kier molecular flexibility index (Phi) is 8.31. The summed E-state index contributed by atoms with van der Waals surface area (Å²) in [5.41, 5.74) is 9.86. The Hall–Kier alpha value is -1.34. The zero-order valence-electron chi connectivity index (χ0n) is 21.9. The van der Waals surface area contributed by atoms with Crippen LogP contribution >= 0.6 is 0 Å².